The number of aryl methyl sites for hydroxylation is 1. The minimum absolute atomic E-state index is 0.0562. The molecule has 27 heavy (non-hydrogen) atoms. The van der Waals surface area contributed by atoms with Gasteiger partial charge in [-0.05, 0) is 25.8 Å². The Kier molecular flexibility index (Phi) is 5.34. The van der Waals surface area contributed by atoms with Crippen molar-refractivity contribution in [2.45, 2.75) is 38.7 Å². The van der Waals surface area contributed by atoms with Crippen molar-refractivity contribution >= 4 is 20.2 Å². The van der Waals surface area contributed by atoms with Crippen LogP contribution in [0.4, 0.5) is 0 Å². The van der Waals surface area contributed by atoms with Crippen LogP contribution in [0.25, 0.3) is 0 Å². The van der Waals surface area contributed by atoms with Crippen molar-refractivity contribution in [1.29, 1.82) is 0 Å². The summed E-state index contributed by atoms with van der Waals surface area (Å²) in [6.45, 7) is 2.75. The predicted octanol–water partition coefficient (Wildman–Crippen LogP) is 3.03. The molecule has 1 aromatic heterocycles. The molecule has 1 aromatic carbocycles. The number of fused-ring (bicyclic) bond motifs is 1. The lowest BCUT2D eigenvalue weighted by Gasteiger charge is -2.25. The average molecular weight is 413 g/mol. The summed E-state index contributed by atoms with van der Waals surface area (Å²) in [6, 6.07) is 5.93. The number of aromatic nitrogens is 2. The molecule has 144 valence electrons. The average Bonchev–Trinajstić information content (AvgIpc) is 3.11. The number of hydrogen-bond acceptors (Lipinski definition) is 6. The number of aromatic amines is 1. The molecule has 0 radical (unpaired) electrons. The summed E-state index contributed by atoms with van der Waals surface area (Å²) in [5.74, 6) is 0.776. The zero-order valence-electron chi connectivity index (χ0n) is 14.5. The fraction of sp³-hybridized carbons (Fsp3) is 0.412. The van der Waals surface area contributed by atoms with Crippen LogP contribution in [0.2, 0.25) is 5.02 Å². The molecule has 1 N–H and O–H groups in total. The van der Waals surface area contributed by atoms with Crippen LogP contribution >= 0.6 is 20.2 Å². The van der Waals surface area contributed by atoms with Crippen LogP contribution in [0.3, 0.4) is 0 Å². The SMILES string of the molecule is Cc1ccc2c(c1)COP(OCC1CCC(n3cc(Cl)c(=O)[nH]c3=O)O1)O2. The fourth-order valence-corrected chi connectivity index (χ4v) is 4.24. The summed E-state index contributed by atoms with van der Waals surface area (Å²) in [5, 5.41) is -0.0562. The molecule has 2 aliphatic heterocycles. The Labute approximate surface area is 161 Å². The number of rotatable bonds is 4. The molecule has 3 atom stereocenters. The van der Waals surface area contributed by atoms with Crippen molar-refractivity contribution in [3.8, 4) is 5.75 Å². The van der Waals surface area contributed by atoms with Crippen molar-refractivity contribution in [2.24, 2.45) is 0 Å². The fourth-order valence-electron chi connectivity index (χ4n) is 3.04. The van der Waals surface area contributed by atoms with Crippen molar-refractivity contribution in [1.82, 2.24) is 9.55 Å². The summed E-state index contributed by atoms with van der Waals surface area (Å²) in [5.41, 5.74) is 0.992. The zero-order chi connectivity index (χ0) is 19.0. The number of halogens is 1. The highest BCUT2D eigenvalue weighted by molar-refractivity contribution is 7.42. The second-order valence-electron chi connectivity index (χ2n) is 6.43. The highest BCUT2D eigenvalue weighted by atomic mass is 35.5. The molecule has 2 aromatic rings. The van der Waals surface area contributed by atoms with Gasteiger partial charge in [-0.2, -0.15) is 0 Å². The van der Waals surface area contributed by atoms with Gasteiger partial charge in [0.15, 0.2) is 0 Å². The first-order chi connectivity index (χ1) is 13.0. The predicted molar refractivity (Wildman–Crippen MR) is 98.9 cm³/mol. The molecule has 0 spiro atoms. The molecule has 10 heteroatoms. The van der Waals surface area contributed by atoms with Crippen molar-refractivity contribution in [3.05, 3.63) is 61.4 Å². The van der Waals surface area contributed by atoms with Gasteiger partial charge in [0, 0.05) is 11.8 Å². The third-order valence-corrected chi connectivity index (χ3v) is 5.71. The standard InChI is InChI=1S/C17H18ClN2O6P/c1-10-2-4-14-11(6-10)8-23-27(26-14)24-9-12-3-5-15(25-12)20-7-13(18)16(21)19-17(20)22/h2,4,6-7,12,15H,3,5,8-9H2,1H3,(H,19,21,22). The van der Waals surface area contributed by atoms with E-state index >= 15 is 0 Å². The van der Waals surface area contributed by atoms with E-state index in [0.29, 0.717) is 19.4 Å². The first-order valence-electron chi connectivity index (χ1n) is 8.49. The second kappa shape index (κ2) is 7.73. The maximum Gasteiger partial charge on any atom is 0.397 e. The highest BCUT2D eigenvalue weighted by Crippen LogP contribution is 2.47. The highest BCUT2D eigenvalue weighted by Gasteiger charge is 2.30. The minimum Gasteiger partial charge on any atom is -0.426 e. The molecular formula is C17H18ClN2O6P. The van der Waals surface area contributed by atoms with Gasteiger partial charge in [-0.25, -0.2) is 4.79 Å². The summed E-state index contributed by atoms with van der Waals surface area (Å²) >= 11 is 5.80. The first-order valence-corrected chi connectivity index (χ1v) is 9.97. The summed E-state index contributed by atoms with van der Waals surface area (Å²) in [4.78, 5) is 25.5. The largest absolute Gasteiger partial charge is 0.426 e. The maximum absolute atomic E-state index is 11.9. The quantitative estimate of drug-likeness (QED) is 0.776. The van der Waals surface area contributed by atoms with Gasteiger partial charge < -0.3 is 9.26 Å². The van der Waals surface area contributed by atoms with E-state index in [9.17, 15) is 9.59 Å². The van der Waals surface area contributed by atoms with Gasteiger partial charge in [-0.1, -0.05) is 29.3 Å². The molecule has 0 saturated carbocycles. The number of nitrogens with zero attached hydrogens (tertiary/aromatic N) is 1. The third-order valence-electron chi connectivity index (χ3n) is 4.40. The molecule has 0 aliphatic carbocycles. The van der Waals surface area contributed by atoms with E-state index in [2.05, 4.69) is 4.98 Å². The lowest BCUT2D eigenvalue weighted by Crippen LogP contribution is -2.32. The monoisotopic (exact) mass is 412 g/mol. The van der Waals surface area contributed by atoms with Crippen LogP contribution in [0.5, 0.6) is 5.75 Å². The normalized spacial score (nSPS) is 24.4. The van der Waals surface area contributed by atoms with Crippen LogP contribution in [0.1, 0.15) is 30.2 Å². The Morgan fingerprint density at radius 3 is 3.07 bits per heavy atom. The Morgan fingerprint density at radius 2 is 2.22 bits per heavy atom. The van der Waals surface area contributed by atoms with Crippen LogP contribution in [0, 0.1) is 6.92 Å². The zero-order valence-corrected chi connectivity index (χ0v) is 16.2. The number of H-pyrrole nitrogens is 1. The number of benzene rings is 1. The molecule has 3 heterocycles. The topological polar surface area (TPSA) is 91.8 Å². The van der Waals surface area contributed by atoms with Crippen molar-refractivity contribution in [2.75, 3.05) is 6.61 Å². The number of nitrogens with one attached hydrogen (secondary N) is 1. The van der Waals surface area contributed by atoms with E-state index < -0.39 is 26.1 Å². The second-order valence-corrected chi connectivity index (χ2v) is 7.98. The molecular weight excluding hydrogens is 395 g/mol. The van der Waals surface area contributed by atoms with Crippen LogP contribution in [-0.2, 0) is 20.4 Å². The molecule has 2 aliphatic rings. The van der Waals surface area contributed by atoms with E-state index in [1.165, 1.54) is 10.8 Å². The maximum atomic E-state index is 11.9. The molecule has 0 amide bonds. The Hall–Kier alpha value is -1.70. The lowest BCUT2D eigenvalue weighted by atomic mass is 10.1. The van der Waals surface area contributed by atoms with E-state index in [1.54, 1.807) is 0 Å². The third kappa shape index (κ3) is 4.10. The van der Waals surface area contributed by atoms with Crippen molar-refractivity contribution < 1.29 is 18.3 Å². The van der Waals surface area contributed by atoms with Crippen molar-refractivity contribution in [3.63, 3.8) is 0 Å². The van der Waals surface area contributed by atoms with Gasteiger partial charge in [-0.3, -0.25) is 23.4 Å². The summed E-state index contributed by atoms with van der Waals surface area (Å²) in [7, 11) is -1.49. The van der Waals surface area contributed by atoms with Crippen LogP contribution in [-0.4, -0.2) is 22.3 Å². The molecule has 1 fully saturated rings. The van der Waals surface area contributed by atoms with Gasteiger partial charge in [-0.15, -0.1) is 0 Å². The van der Waals surface area contributed by atoms with Gasteiger partial charge in [0.25, 0.3) is 5.56 Å². The van der Waals surface area contributed by atoms with Crippen LogP contribution < -0.4 is 15.8 Å². The van der Waals surface area contributed by atoms with E-state index in [0.717, 1.165) is 16.9 Å². The van der Waals surface area contributed by atoms with E-state index in [4.69, 9.17) is 29.9 Å². The summed E-state index contributed by atoms with van der Waals surface area (Å²) < 4.78 is 24.3. The molecule has 3 unspecified atom stereocenters. The Bertz CT molecular complexity index is 961. The van der Waals surface area contributed by atoms with Crippen LogP contribution in [0.15, 0.2) is 34.0 Å². The van der Waals surface area contributed by atoms with Gasteiger partial charge in [0.05, 0.1) is 19.3 Å². The Balaban J connectivity index is 1.33. The van der Waals surface area contributed by atoms with Gasteiger partial charge >= 0.3 is 14.3 Å². The summed E-state index contributed by atoms with van der Waals surface area (Å²) in [6.07, 6.45) is 1.91. The smallest absolute Gasteiger partial charge is 0.397 e. The minimum atomic E-state index is -1.49. The van der Waals surface area contributed by atoms with Gasteiger partial charge in [0.2, 0.25) is 0 Å². The Morgan fingerprint density at radius 1 is 1.37 bits per heavy atom. The first kappa shape index (κ1) is 18.7. The molecule has 1 saturated heterocycles. The van der Waals surface area contributed by atoms with Gasteiger partial charge in [0.1, 0.15) is 17.0 Å². The molecule has 0 bridgehead atoms. The number of ether oxygens (including phenoxy) is 1. The molecule has 4 rings (SSSR count). The lowest BCUT2D eigenvalue weighted by molar-refractivity contribution is -0.0229. The number of hydrogen-bond donors (Lipinski definition) is 1. The van der Waals surface area contributed by atoms with E-state index in [1.807, 2.05) is 25.1 Å². The molecule has 8 nitrogen and oxygen atoms in total. The van der Waals surface area contributed by atoms with E-state index in [-0.39, 0.29) is 17.7 Å².